The third-order valence-electron chi connectivity index (χ3n) is 4.97. The molecule has 1 aliphatic heterocycles. The van der Waals surface area contributed by atoms with Crippen molar-refractivity contribution in [1.29, 1.82) is 0 Å². The summed E-state index contributed by atoms with van der Waals surface area (Å²) in [5.74, 6) is 1.54. The first-order chi connectivity index (χ1) is 14.9. The molecule has 0 unspecified atom stereocenters. The van der Waals surface area contributed by atoms with E-state index in [1.54, 1.807) is 29.2 Å². The summed E-state index contributed by atoms with van der Waals surface area (Å²) < 4.78 is 5.48. The minimum absolute atomic E-state index is 0.0878. The quantitative estimate of drug-likeness (QED) is 0.516. The normalized spacial score (nSPS) is 13.8. The van der Waals surface area contributed by atoms with Crippen LogP contribution in [0.25, 0.3) is 0 Å². The Morgan fingerprint density at radius 3 is 2.42 bits per heavy atom. The van der Waals surface area contributed by atoms with Crippen LogP contribution in [0.3, 0.4) is 0 Å². The number of ketones is 1. The number of carbonyl (C=O) groups is 2. The zero-order valence-corrected chi connectivity index (χ0v) is 18.3. The van der Waals surface area contributed by atoms with Crippen LogP contribution in [-0.2, 0) is 4.79 Å². The number of carbonyl (C=O) groups excluding carboxylic acids is 2. The molecule has 31 heavy (non-hydrogen) atoms. The van der Waals surface area contributed by atoms with Crippen molar-refractivity contribution in [3.05, 3.63) is 54.4 Å². The first kappa shape index (κ1) is 22.3. The fourth-order valence-corrected chi connectivity index (χ4v) is 3.49. The van der Waals surface area contributed by atoms with Crippen molar-refractivity contribution < 1.29 is 14.3 Å². The van der Waals surface area contributed by atoms with Gasteiger partial charge in [0.25, 0.3) is 0 Å². The molecule has 0 spiro atoms. The van der Waals surface area contributed by atoms with E-state index in [0.717, 1.165) is 0 Å². The molecule has 1 amide bonds. The lowest BCUT2D eigenvalue weighted by atomic mass is 10.0. The number of nitrogens with zero attached hydrogens (tertiary/aromatic N) is 4. The Morgan fingerprint density at radius 1 is 1.16 bits per heavy atom. The maximum Gasteiger partial charge on any atom is 0.246 e. The van der Waals surface area contributed by atoms with Gasteiger partial charge in [0.15, 0.2) is 5.78 Å². The minimum Gasteiger partial charge on any atom is -0.494 e. The molecule has 0 bridgehead atoms. The Morgan fingerprint density at radius 2 is 1.84 bits per heavy atom. The molecule has 1 aromatic heterocycles. The van der Waals surface area contributed by atoms with Crippen LogP contribution in [0.4, 0.5) is 11.6 Å². The van der Waals surface area contributed by atoms with Crippen molar-refractivity contribution in [2.45, 2.75) is 26.8 Å². The molecule has 2 heterocycles. The van der Waals surface area contributed by atoms with Crippen LogP contribution in [-0.4, -0.2) is 65.4 Å². The van der Waals surface area contributed by atoms with Gasteiger partial charge in [0, 0.05) is 37.8 Å². The Balaban J connectivity index is 1.94. The van der Waals surface area contributed by atoms with Crippen molar-refractivity contribution >= 4 is 23.3 Å². The first-order valence-electron chi connectivity index (χ1n) is 10.5. The molecular weight excluding hydrogens is 394 g/mol. The highest BCUT2D eigenvalue weighted by atomic mass is 16.5. The summed E-state index contributed by atoms with van der Waals surface area (Å²) in [7, 11) is 0. The summed E-state index contributed by atoms with van der Waals surface area (Å²) in [6, 6.07) is 7.18. The summed E-state index contributed by atoms with van der Waals surface area (Å²) in [6.45, 7) is 12.2. The third kappa shape index (κ3) is 5.20. The molecule has 1 aliphatic rings. The molecule has 1 fully saturated rings. The second-order valence-electron chi connectivity index (χ2n) is 7.52. The molecule has 1 saturated heterocycles. The van der Waals surface area contributed by atoms with Gasteiger partial charge in [0.05, 0.1) is 6.61 Å². The van der Waals surface area contributed by atoms with E-state index in [1.807, 2.05) is 25.7 Å². The number of hydrogen-bond acceptors (Lipinski definition) is 7. The zero-order valence-electron chi connectivity index (χ0n) is 18.3. The average Bonchev–Trinajstić information content (AvgIpc) is 2.78. The van der Waals surface area contributed by atoms with Crippen LogP contribution in [0.15, 0.2) is 43.2 Å². The number of nitrogens with one attached hydrogen (secondary N) is 1. The van der Waals surface area contributed by atoms with Crippen molar-refractivity contribution in [1.82, 2.24) is 14.9 Å². The van der Waals surface area contributed by atoms with Crippen LogP contribution in [0.5, 0.6) is 5.75 Å². The molecule has 1 N–H and O–H groups in total. The van der Waals surface area contributed by atoms with Gasteiger partial charge < -0.3 is 19.9 Å². The minimum atomic E-state index is -0.161. The lowest BCUT2D eigenvalue weighted by Gasteiger charge is -2.35. The van der Waals surface area contributed by atoms with E-state index in [0.29, 0.717) is 61.3 Å². The predicted molar refractivity (Wildman–Crippen MR) is 121 cm³/mol. The summed E-state index contributed by atoms with van der Waals surface area (Å²) >= 11 is 0. The van der Waals surface area contributed by atoms with Gasteiger partial charge in [-0.2, -0.15) is 0 Å². The van der Waals surface area contributed by atoms with Gasteiger partial charge in [0.1, 0.15) is 29.3 Å². The van der Waals surface area contributed by atoms with Gasteiger partial charge in [-0.1, -0.05) is 6.58 Å². The summed E-state index contributed by atoms with van der Waals surface area (Å²) in [5, 5.41) is 3.27. The summed E-state index contributed by atoms with van der Waals surface area (Å²) in [4.78, 5) is 38.0. The van der Waals surface area contributed by atoms with Crippen LogP contribution in [0.2, 0.25) is 0 Å². The van der Waals surface area contributed by atoms with Gasteiger partial charge in [-0.25, -0.2) is 9.97 Å². The number of ether oxygens (including phenoxy) is 1. The number of amides is 1. The molecule has 8 nitrogen and oxygen atoms in total. The molecule has 0 aliphatic carbocycles. The highest BCUT2D eigenvalue weighted by molar-refractivity contribution is 6.15. The van der Waals surface area contributed by atoms with Crippen molar-refractivity contribution in [2.75, 3.05) is 43.0 Å². The van der Waals surface area contributed by atoms with Crippen molar-refractivity contribution in [3.8, 4) is 5.75 Å². The van der Waals surface area contributed by atoms with Gasteiger partial charge in [0.2, 0.25) is 5.91 Å². The number of benzene rings is 1. The van der Waals surface area contributed by atoms with Crippen LogP contribution < -0.4 is 15.0 Å². The highest BCUT2D eigenvalue weighted by Crippen LogP contribution is 2.28. The molecule has 0 radical (unpaired) electrons. The number of rotatable bonds is 8. The molecule has 1 aromatic carbocycles. The number of aromatic nitrogens is 2. The molecule has 164 valence electrons. The van der Waals surface area contributed by atoms with E-state index in [1.165, 1.54) is 12.4 Å². The second kappa shape index (κ2) is 10.1. The van der Waals surface area contributed by atoms with E-state index in [-0.39, 0.29) is 17.7 Å². The maximum absolute atomic E-state index is 13.5. The predicted octanol–water partition coefficient (Wildman–Crippen LogP) is 2.76. The van der Waals surface area contributed by atoms with Crippen molar-refractivity contribution in [2.24, 2.45) is 0 Å². The summed E-state index contributed by atoms with van der Waals surface area (Å²) in [6.07, 6.45) is 2.79. The molecule has 0 saturated carbocycles. The van der Waals surface area contributed by atoms with E-state index in [9.17, 15) is 9.59 Å². The smallest absolute Gasteiger partial charge is 0.246 e. The third-order valence-corrected chi connectivity index (χ3v) is 4.97. The standard InChI is InChI=1S/C23H29N5O3/c1-5-19(29)27-11-13-28(14-12-27)23-20(22(24-15-25-23)26-16(3)4)21(30)17-7-9-18(10-8-17)31-6-2/h5,7-10,15-16H,1,6,11-14H2,2-4H3,(H,24,25,26). The SMILES string of the molecule is C=CC(=O)N1CCN(c2ncnc(NC(C)C)c2C(=O)c2ccc(OCC)cc2)CC1. The van der Waals surface area contributed by atoms with Gasteiger partial charge in [-0.15, -0.1) is 0 Å². The highest BCUT2D eigenvalue weighted by Gasteiger charge is 2.27. The average molecular weight is 424 g/mol. The van der Waals surface area contributed by atoms with E-state index in [2.05, 4.69) is 21.9 Å². The Bertz CT molecular complexity index is 935. The number of anilines is 2. The zero-order chi connectivity index (χ0) is 22.4. The van der Waals surface area contributed by atoms with E-state index >= 15 is 0 Å². The molecule has 2 aromatic rings. The molecular formula is C23H29N5O3. The fourth-order valence-electron chi connectivity index (χ4n) is 3.49. The van der Waals surface area contributed by atoms with E-state index < -0.39 is 0 Å². The second-order valence-corrected chi connectivity index (χ2v) is 7.52. The van der Waals surface area contributed by atoms with Crippen LogP contribution in [0.1, 0.15) is 36.7 Å². The Labute approximate surface area is 182 Å². The van der Waals surface area contributed by atoms with E-state index in [4.69, 9.17) is 4.74 Å². The number of hydrogen-bond donors (Lipinski definition) is 1. The van der Waals surface area contributed by atoms with Crippen LogP contribution in [0, 0.1) is 0 Å². The van der Waals surface area contributed by atoms with Gasteiger partial charge >= 0.3 is 0 Å². The topological polar surface area (TPSA) is 87.7 Å². The van der Waals surface area contributed by atoms with Crippen LogP contribution >= 0.6 is 0 Å². The lowest BCUT2D eigenvalue weighted by molar-refractivity contribution is -0.126. The van der Waals surface area contributed by atoms with Gasteiger partial charge in [-0.3, -0.25) is 9.59 Å². The monoisotopic (exact) mass is 423 g/mol. The summed E-state index contributed by atoms with van der Waals surface area (Å²) in [5.41, 5.74) is 0.968. The lowest BCUT2D eigenvalue weighted by Crippen LogP contribution is -2.49. The maximum atomic E-state index is 13.5. The molecule has 8 heteroatoms. The Kier molecular flexibility index (Phi) is 7.23. The largest absolute Gasteiger partial charge is 0.494 e. The Hall–Kier alpha value is -3.42. The fraction of sp³-hybridized carbons (Fsp3) is 0.391. The number of piperazine rings is 1. The first-order valence-corrected chi connectivity index (χ1v) is 10.5. The van der Waals surface area contributed by atoms with Crippen molar-refractivity contribution in [3.63, 3.8) is 0 Å². The van der Waals surface area contributed by atoms with Gasteiger partial charge in [-0.05, 0) is 51.1 Å². The molecule has 3 rings (SSSR count). The molecule has 0 atom stereocenters.